The first-order valence-corrected chi connectivity index (χ1v) is 6.17. The third-order valence-corrected chi connectivity index (χ3v) is 4.19. The Morgan fingerprint density at radius 1 is 1.47 bits per heavy atom. The Balaban J connectivity index is 2.11. The van der Waals surface area contributed by atoms with E-state index in [0.717, 1.165) is 25.7 Å². The quantitative estimate of drug-likeness (QED) is 0.767. The number of carbonyl (C=O) groups excluding carboxylic acids is 1. The van der Waals surface area contributed by atoms with Crippen LogP contribution in [0.2, 0.25) is 0 Å². The summed E-state index contributed by atoms with van der Waals surface area (Å²) in [6.45, 7) is 4.87. The molecule has 2 aliphatic rings. The van der Waals surface area contributed by atoms with E-state index < -0.39 is 0 Å². The Hall–Kier alpha value is -0.570. The molecule has 2 N–H and O–H groups in total. The molecule has 0 aromatic heterocycles. The van der Waals surface area contributed by atoms with Gasteiger partial charge in [-0.15, -0.1) is 0 Å². The molecule has 0 aromatic rings. The van der Waals surface area contributed by atoms with E-state index in [0.29, 0.717) is 24.5 Å². The van der Waals surface area contributed by atoms with Crippen LogP contribution in [0.5, 0.6) is 0 Å². The number of hydrogen-bond donors (Lipinski definition) is 1. The lowest BCUT2D eigenvalue weighted by Gasteiger charge is -2.31. The molecule has 1 heterocycles. The van der Waals surface area contributed by atoms with Crippen molar-refractivity contribution in [2.75, 3.05) is 6.54 Å². The standard InChI is InChI=1S/C12H22N2O/c1-3-10-5-4-9(2)14(10)11(15)12(8-13)6-7-12/h9-10H,3-8,13H2,1-2H3. The molecule has 2 fully saturated rings. The Morgan fingerprint density at radius 3 is 2.60 bits per heavy atom. The number of nitrogens with zero attached hydrogens (tertiary/aromatic N) is 1. The van der Waals surface area contributed by atoms with E-state index in [4.69, 9.17) is 5.73 Å². The van der Waals surface area contributed by atoms with Crippen molar-refractivity contribution in [1.82, 2.24) is 4.90 Å². The van der Waals surface area contributed by atoms with Crippen molar-refractivity contribution in [2.24, 2.45) is 11.1 Å². The van der Waals surface area contributed by atoms with Crippen LogP contribution in [0.15, 0.2) is 0 Å². The van der Waals surface area contributed by atoms with Crippen molar-refractivity contribution in [2.45, 2.75) is 58.0 Å². The van der Waals surface area contributed by atoms with Gasteiger partial charge in [0.1, 0.15) is 0 Å². The first-order valence-electron chi connectivity index (χ1n) is 6.17. The molecule has 1 aliphatic carbocycles. The highest BCUT2D eigenvalue weighted by atomic mass is 16.2. The Kier molecular flexibility index (Phi) is 2.75. The number of rotatable bonds is 3. The summed E-state index contributed by atoms with van der Waals surface area (Å²) in [6.07, 6.45) is 5.41. The monoisotopic (exact) mass is 210 g/mol. The molecular weight excluding hydrogens is 188 g/mol. The maximum atomic E-state index is 12.4. The van der Waals surface area contributed by atoms with Gasteiger partial charge in [-0.3, -0.25) is 4.79 Å². The van der Waals surface area contributed by atoms with E-state index in [1.165, 1.54) is 6.42 Å². The Labute approximate surface area is 92.0 Å². The van der Waals surface area contributed by atoms with Crippen LogP contribution in [0.4, 0.5) is 0 Å². The molecule has 2 unspecified atom stereocenters. The molecule has 1 amide bonds. The fourth-order valence-electron chi connectivity index (χ4n) is 2.77. The lowest BCUT2D eigenvalue weighted by atomic mass is 10.0. The number of likely N-dealkylation sites (tertiary alicyclic amines) is 1. The fourth-order valence-corrected chi connectivity index (χ4v) is 2.77. The summed E-state index contributed by atoms with van der Waals surface area (Å²) in [6, 6.07) is 0.892. The van der Waals surface area contributed by atoms with E-state index in [9.17, 15) is 4.79 Å². The number of hydrogen-bond acceptors (Lipinski definition) is 2. The van der Waals surface area contributed by atoms with Gasteiger partial charge in [-0.25, -0.2) is 0 Å². The van der Waals surface area contributed by atoms with Crippen LogP contribution in [0.1, 0.15) is 46.0 Å². The largest absolute Gasteiger partial charge is 0.336 e. The predicted molar refractivity (Wildman–Crippen MR) is 60.3 cm³/mol. The minimum absolute atomic E-state index is 0.161. The second-order valence-electron chi connectivity index (χ2n) is 5.19. The van der Waals surface area contributed by atoms with Crippen LogP contribution in [0.3, 0.4) is 0 Å². The van der Waals surface area contributed by atoms with Gasteiger partial charge in [-0.2, -0.15) is 0 Å². The minimum Gasteiger partial charge on any atom is -0.336 e. The lowest BCUT2D eigenvalue weighted by Crippen LogP contribution is -2.46. The molecule has 0 radical (unpaired) electrons. The lowest BCUT2D eigenvalue weighted by molar-refractivity contribution is -0.139. The molecule has 0 aromatic carbocycles. The van der Waals surface area contributed by atoms with Crippen LogP contribution >= 0.6 is 0 Å². The molecule has 1 saturated carbocycles. The van der Waals surface area contributed by atoms with Crippen molar-refractivity contribution < 1.29 is 4.79 Å². The van der Waals surface area contributed by atoms with Crippen LogP contribution in [0.25, 0.3) is 0 Å². The highest BCUT2D eigenvalue weighted by molar-refractivity contribution is 5.86. The first kappa shape index (κ1) is 10.9. The summed E-state index contributed by atoms with van der Waals surface area (Å²) >= 11 is 0. The van der Waals surface area contributed by atoms with E-state index in [1.54, 1.807) is 0 Å². The maximum Gasteiger partial charge on any atom is 0.230 e. The molecule has 0 bridgehead atoms. The molecule has 0 spiro atoms. The van der Waals surface area contributed by atoms with Crippen molar-refractivity contribution >= 4 is 5.91 Å². The number of nitrogens with two attached hydrogens (primary N) is 1. The zero-order chi connectivity index (χ0) is 11.1. The van der Waals surface area contributed by atoms with Gasteiger partial charge in [-0.1, -0.05) is 6.92 Å². The van der Waals surface area contributed by atoms with Crippen molar-refractivity contribution in [1.29, 1.82) is 0 Å². The normalized spacial score (nSPS) is 33.1. The van der Waals surface area contributed by atoms with Crippen LogP contribution in [-0.2, 0) is 4.79 Å². The summed E-state index contributed by atoms with van der Waals surface area (Å²) in [5.41, 5.74) is 5.56. The highest BCUT2D eigenvalue weighted by Crippen LogP contribution is 2.48. The molecule has 86 valence electrons. The number of amides is 1. The average Bonchev–Trinajstić information content (AvgIpc) is 2.96. The molecule has 1 saturated heterocycles. The zero-order valence-corrected chi connectivity index (χ0v) is 9.83. The van der Waals surface area contributed by atoms with E-state index >= 15 is 0 Å². The van der Waals surface area contributed by atoms with Gasteiger partial charge in [0.25, 0.3) is 0 Å². The first-order chi connectivity index (χ1) is 7.14. The summed E-state index contributed by atoms with van der Waals surface area (Å²) in [4.78, 5) is 14.5. The van der Waals surface area contributed by atoms with Crippen LogP contribution in [-0.4, -0.2) is 29.4 Å². The number of carbonyl (C=O) groups is 1. The fraction of sp³-hybridized carbons (Fsp3) is 0.917. The molecule has 2 atom stereocenters. The van der Waals surface area contributed by atoms with E-state index in [-0.39, 0.29) is 5.41 Å². The summed E-state index contributed by atoms with van der Waals surface area (Å²) < 4.78 is 0. The molecular formula is C12H22N2O. The van der Waals surface area contributed by atoms with Crippen molar-refractivity contribution in [3.63, 3.8) is 0 Å². The predicted octanol–water partition coefficient (Wildman–Crippen LogP) is 1.51. The molecule has 3 nitrogen and oxygen atoms in total. The SMILES string of the molecule is CCC1CCC(C)N1C(=O)C1(CN)CC1. The summed E-state index contributed by atoms with van der Waals surface area (Å²) in [7, 11) is 0. The van der Waals surface area contributed by atoms with Crippen molar-refractivity contribution in [3.05, 3.63) is 0 Å². The molecule has 1 aliphatic heterocycles. The summed E-state index contributed by atoms with van der Waals surface area (Å²) in [5, 5.41) is 0. The average molecular weight is 210 g/mol. The Bertz CT molecular complexity index is 260. The van der Waals surface area contributed by atoms with Gasteiger partial charge < -0.3 is 10.6 Å². The van der Waals surface area contributed by atoms with Gasteiger partial charge >= 0.3 is 0 Å². The van der Waals surface area contributed by atoms with Gasteiger partial charge in [0.15, 0.2) is 0 Å². The molecule has 2 rings (SSSR count). The van der Waals surface area contributed by atoms with E-state index in [1.807, 2.05) is 0 Å². The van der Waals surface area contributed by atoms with E-state index in [2.05, 4.69) is 18.7 Å². The third-order valence-electron chi connectivity index (χ3n) is 4.19. The zero-order valence-electron chi connectivity index (χ0n) is 9.83. The van der Waals surface area contributed by atoms with Gasteiger partial charge in [0, 0.05) is 18.6 Å². The van der Waals surface area contributed by atoms with Gasteiger partial charge in [0.05, 0.1) is 5.41 Å². The van der Waals surface area contributed by atoms with Crippen LogP contribution in [0, 0.1) is 5.41 Å². The van der Waals surface area contributed by atoms with Crippen molar-refractivity contribution in [3.8, 4) is 0 Å². The van der Waals surface area contributed by atoms with Gasteiger partial charge in [0.2, 0.25) is 5.91 Å². The van der Waals surface area contributed by atoms with Gasteiger partial charge in [-0.05, 0) is 39.0 Å². The maximum absolute atomic E-state index is 12.4. The molecule has 15 heavy (non-hydrogen) atoms. The second-order valence-corrected chi connectivity index (χ2v) is 5.19. The third kappa shape index (κ3) is 1.67. The summed E-state index contributed by atoms with van der Waals surface area (Å²) in [5.74, 6) is 0.335. The Morgan fingerprint density at radius 2 is 2.13 bits per heavy atom. The smallest absolute Gasteiger partial charge is 0.230 e. The highest BCUT2D eigenvalue weighted by Gasteiger charge is 2.52. The topological polar surface area (TPSA) is 46.3 Å². The van der Waals surface area contributed by atoms with Crippen LogP contribution < -0.4 is 5.73 Å². The minimum atomic E-state index is -0.161. The molecule has 3 heteroatoms. The second kappa shape index (κ2) is 3.78.